The van der Waals surface area contributed by atoms with Crippen LogP contribution < -0.4 is 10.6 Å². The molecule has 0 saturated carbocycles. The third-order valence-corrected chi connectivity index (χ3v) is 4.41. The van der Waals surface area contributed by atoms with Gasteiger partial charge in [-0.05, 0) is 31.2 Å². The van der Waals surface area contributed by atoms with Crippen molar-refractivity contribution in [2.24, 2.45) is 4.99 Å². The van der Waals surface area contributed by atoms with Crippen LogP contribution in [0.15, 0.2) is 39.8 Å². The molecule has 1 aromatic carbocycles. The normalized spacial score (nSPS) is 11.0. The van der Waals surface area contributed by atoms with Crippen LogP contribution in [-0.2, 0) is 13.1 Å². The average molecular weight is 498 g/mol. The van der Waals surface area contributed by atoms with Gasteiger partial charge in [0.25, 0.3) is 0 Å². The van der Waals surface area contributed by atoms with Crippen LogP contribution in [0.25, 0.3) is 0 Å². The number of hydrogen-bond donors (Lipinski definition) is 2. The van der Waals surface area contributed by atoms with Gasteiger partial charge in [0.1, 0.15) is 5.82 Å². The SMILES string of the molecule is CN=C(NCc1ccc(C)s1)NCc1ccc(Br)cc1F.I. The van der Waals surface area contributed by atoms with Crippen molar-refractivity contribution in [3.05, 3.63) is 55.9 Å². The van der Waals surface area contributed by atoms with E-state index in [0.29, 0.717) is 24.6 Å². The smallest absolute Gasteiger partial charge is 0.191 e. The summed E-state index contributed by atoms with van der Waals surface area (Å²) in [7, 11) is 1.70. The van der Waals surface area contributed by atoms with Crippen LogP contribution in [0.1, 0.15) is 15.3 Å². The van der Waals surface area contributed by atoms with Gasteiger partial charge in [-0.15, -0.1) is 35.3 Å². The molecule has 2 aromatic rings. The fourth-order valence-electron chi connectivity index (χ4n) is 1.82. The minimum Gasteiger partial charge on any atom is -0.352 e. The van der Waals surface area contributed by atoms with Crippen LogP contribution in [0, 0.1) is 12.7 Å². The largest absolute Gasteiger partial charge is 0.352 e. The van der Waals surface area contributed by atoms with E-state index < -0.39 is 0 Å². The lowest BCUT2D eigenvalue weighted by Crippen LogP contribution is -2.36. The van der Waals surface area contributed by atoms with Crippen LogP contribution in [0.3, 0.4) is 0 Å². The van der Waals surface area contributed by atoms with Gasteiger partial charge in [0, 0.05) is 33.4 Å². The first kappa shape index (κ1) is 19.4. The summed E-state index contributed by atoms with van der Waals surface area (Å²) < 4.78 is 14.5. The lowest BCUT2D eigenvalue weighted by Gasteiger charge is -2.11. The first-order valence-electron chi connectivity index (χ1n) is 6.52. The summed E-state index contributed by atoms with van der Waals surface area (Å²) in [6.07, 6.45) is 0. The van der Waals surface area contributed by atoms with Gasteiger partial charge in [-0.1, -0.05) is 22.0 Å². The molecule has 0 unspecified atom stereocenters. The highest BCUT2D eigenvalue weighted by Crippen LogP contribution is 2.15. The molecule has 0 aliphatic carbocycles. The topological polar surface area (TPSA) is 36.4 Å². The second-order valence-corrected chi connectivity index (χ2v) is 6.82. The van der Waals surface area contributed by atoms with Gasteiger partial charge >= 0.3 is 0 Å². The van der Waals surface area contributed by atoms with E-state index >= 15 is 0 Å². The van der Waals surface area contributed by atoms with Crippen LogP contribution in [0.5, 0.6) is 0 Å². The summed E-state index contributed by atoms with van der Waals surface area (Å²) in [5.41, 5.74) is 0.605. The maximum Gasteiger partial charge on any atom is 0.191 e. The number of hydrogen-bond acceptors (Lipinski definition) is 2. The van der Waals surface area contributed by atoms with Crippen molar-refractivity contribution >= 4 is 57.2 Å². The fraction of sp³-hybridized carbons (Fsp3) is 0.267. The molecule has 2 rings (SSSR count). The maximum atomic E-state index is 13.7. The molecule has 0 fully saturated rings. The lowest BCUT2D eigenvalue weighted by atomic mass is 10.2. The van der Waals surface area contributed by atoms with E-state index in [2.05, 4.69) is 50.6 Å². The highest BCUT2D eigenvalue weighted by atomic mass is 127. The summed E-state index contributed by atoms with van der Waals surface area (Å²) >= 11 is 5.00. The third-order valence-electron chi connectivity index (χ3n) is 2.91. The number of guanidine groups is 1. The van der Waals surface area contributed by atoms with E-state index in [-0.39, 0.29) is 29.8 Å². The van der Waals surface area contributed by atoms with E-state index in [0.717, 1.165) is 4.47 Å². The number of halogens is 3. The number of rotatable bonds is 4. The quantitative estimate of drug-likeness (QED) is 0.372. The zero-order valence-corrected chi connectivity index (χ0v) is 17.1. The first-order chi connectivity index (χ1) is 10.1. The fourth-order valence-corrected chi connectivity index (χ4v) is 2.98. The second-order valence-electron chi connectivity index (χ2n) is 4.53. The Labute approximate surface area is 159 Å². The Kier molecular flexibility index (Phi) is 8.34. The van der Waals surface area contributed by atoms with E-state index in [1.54, 1.807) is 24.5 Å². The van der Waals surface area contributed by atoms with Crippen molar-refractivity contribution < 1.29 is 4.39 Å². The van der Waals surface area contributed by atoms with Gasteiger partial charge in [0.15, 0.2) is 5.96 Å². The molecule has 1 heterocycles. The van der Waals surface area contributed by atoms with Gasteiger partial charge in [-0.25, -0.2) is 4.39 Å². The number of nitrogens with one attached hydrogen (secondary N) is 2. The Morgan fingerprint density at radius 3 is 2.55 bits per heavy atom. The van der Waals surface area contributed by atoms with Crippen molar-refractivity contribution in [1.82, 2.24) is 10.6 Å². The molecule has 0 radical (unpaired) electrons. The first-order valence-corrected chi connectivity index (χ1v) is 8.13. The Hall–Kier alpha value is -0.670. The Morgan fingerprint density at radius 1 is 1.23 bits per heavy atom. The van der Waals surface area contributed by atoms with Gasteiger partial charge < -0.3 is 10.6 Å². The van der Waals surface area contributed by atoms with Gasteiger partial charge in [0.2, 0.25) is 0 Å². The Bertz CT molecular complexity index is 645. The zero-order chi connectivity index (χ0) is 15.2. The molecule has 0 saturated heterocycles. The minimum atomic E-state index is -0.235. The van der Waals surface area contributed by atoms with E-state index in [1.807, 2.05) is 6.07 Å². The van der Waals surface area contributed by atoms with Gasteiger partial charge in [-0.2, -0.15) is 0 Å². The third kappa shape index (κ3) is 5.85. The van der Waals surface area contributed by atoms with Crippen LogP contribution >= 0.6 is 51.2 Å². The molecular weight excluding hydrogens is 480 g/mol. The molecule has 0 atom stereocenters. The molecule has 0 aliphatic rings. The number of aryl methyl sites for hydroxylation is 1. The monoisotopic (exact) mass is 497 g/mol. The molecule has 0 bridgehead atoms. The summed E-state index contributed by atoms with van der Waals surface area (Å²) in [4.78, 5) is 6.66. The highest BCUT2D eigenvalue weighted by Gasteiger charge is 2.05. The highest BCUT2D eigenvalue weighted by molar-refractivity contribution is 14.0. The lowest BCUT2D eigenvalue weighted by molar-refractivity contribution is 0.604. The van der Waals surface area contributed by atoms with Crippen LogP contribution in [0.4, 0.5) is 4.39 Å². The van der Waals surface area contributed by atoms with E-state index in [9.17, 15) is 4.39 Å². The number of benzene rings is 1. The van der Waals surface area contributed by atoms with Crippen molar-refractivity contribution in [2.75, 3.05) is 7.05 Å². The van der Waals surface area contributed by atoms with Gasteiger partial charge in [-0.3, -0.25) is 4.99 Å². The molecule has 120 valence electrons. The molecule has 0 amide bonds. The molecular formula is C15H18BrFIN3S. The summed E-state index contributed by atoms with van der Waals surface area (Å²) in [6.45, 7) is 3.18. The molecule has 22 heavy (non-hydrogen) atoms. The maximum absolute atomic E-state index is 13.7. The summed E-state index contributed by atoms with van der Waals surface area (Å²) in [6, 6.07) is 9.22. The predicted molar refractivity (Wildman–Crippen MR) is 106 cm³/mol. The standard InChI is InChI=1S/C15H17BrFN3S.HI/c1-10-3-6-13(21-10)9-20-15(18-2)19-8-11-4-5-12(16)7-14(11)17;/h3-7H,8-9H2,1-2H3,(H2,18,19,20);1H. The number of thiophene rings is 1. The van der Waals surface area contributed by atoms with E-state index in [1.165, 1.54) is 15.8 Å². The van der Waals surface area contributed by atoms with Crippen molar-refractivity contribution in [3.63, 3.8) is 0 Å². The summed E-state index contributed by atoms with van der Waals surface area (Å²) in [5.74, 6) is 0.421. The molecule has 2 N–H and O–H groups in total. The van der Waals surface area contributed by atoms with Crippen molar-refractivity contribution in [2.45, 2.75) is 20.0 Å². The Balaban J connectivity index is 0.00000242. The zero-order valence-electron chi connectivity index (χ0n) is 12.3. The summed E-state index contributed by atoms with van der Waals surface area (Å²) in [5, 5.41) is 6.33. The van der Waals surface area contributed by atoms with Crippen LogP contribution in [0.2, 0.25) is 0 Å². The van der Waals surface area contributed by atoms with Gasteiger partial charge in [0.05, 0.1) is 6.54 Å². The van der Waals surface area contributed by atoms with E-state index in [4.69, 9.17) is 0 Å². The van der Waals surface area contributed by atoms with Crippen LogP contribution in [-0.4, -0.2) is 13.0 Å². The predicted octanol–water partition coefficient (Wildman–Crippen LogP) is 4.44. The molecule has 0 aliphatic heterocycles. The molecule has 1 aromatic heterocycles. The average Bonchev–Trinajstić information content (AvgIpc) is 2.86. The van der Waals surface area contributed by atoms with Crippen molar-refractivity contribution in [1.29, 1.82) is 0 Å². The number of nitrogens with zero attached hydrogens (tertiary/aromatic N) is 1. The van der Waals surface area contributed by atoms with Crippen molar-refractivity contribution in [3.8, 4) is 0 Å². The number of aliphatic imine (C=N–C) groups is 1. The molecule has 7 heteroatoms. The second kappa shape index (κ2) is 9.46. The molecule has 3 nitrogen and oxygen atoms in total. The molecule has 0 spiro atoms. The minimum absolute atomic E-state index is 0. The Morgan fingerprint density at radius 2 is 1.95 bits per heavy atom.